The van der Waals surface area contributed by atoms with Gasteiger partial charge in [0.25, 0.3) is 5.91 Å². The third-order valence-corrected chi connectivity index (χ3v) is 3.51. The van der Waals surface area contributed by atoms with Crippen molar-refractivity contribution >= 4 is 28.9 Å². The molecule has 0 saturated carbocycles. The molecule has 1 N–H and O–H groups in total. The molecule has 1 amide bonds. The lowest BCUT2D eigenvalue weighted by molar-refractivity contribution is -0.705. The molecule has 2 aromatic rings. The molecule has 1 aromatic carbocycles. The molecule has 0 fully saturated rings. The normalized spacial score (nSPS) is 11.8. The van der Waals surface area contributed by atoms with Crippen LogP contribution in [0.5, 0.6) is 0 Å². The molecule has 0 aliphatic carbocycles. The maximum atomic E-state index is 12.3. The highest BCUT2D eigenvalue weighted by molar-refractivity contribution is 6.30. The first-order chi connectivity index (χ1) is 9.97. The van der Waals surface area contributed by atoms with Gasteiger partial charge in [-0.2, -0.15) is 4.57 Å². The minimum absolute atomic E-state index is 0.0835. The van der Waals surface area contributed by atoms with E-state index in [0.29, 0.717) is 10.7 Å². The minimum atomic E-state index is -0.305. The lowest BCUT2D eigenvalue weighted by Gasteiger charge is -2.12. The van der Waals surface area contributed by atoms with Crippen LogP contribution in [0.2, 0.25) is 5.02 Å². The Kier molecular flexibility index (Phi) is 4.81. The Morgan fingerprint density at radius 1 is 1.24 bits per heavy atom. The van der Waals surface area contributed by atoms with E-state index >= 15 is 0 Å². The summed E-state index contributed by atoms with van der Waals surface area (Å²) in [6, 6.07) is 10.8. The zero-order valence-corrected chi connectivity index (χ0v) is 13.1. The highest BCUT2D eigenvalue weighted by Crippen LogP contribution is 2.16. The van der Waals surface area contributed by atoms with E-state index in [4.69, 9.17) is 11.6 Å². The first-order valence-corrected chi connectivity index (χ1v) is 7.10. The maximum absolute atomic E-state index is 12.3. The lowest BCUT2D eigenvalue weighted by atomic mass is 10.2. The van der Waals surface area contributed by atoms with Crippen LogP contribution < -0.4 is 14.8 Å². The zero-order valence-electron chi connectivity index (χ0n) is 12.4. The number of hydrogen-bond acceptors (Lipinski definition) is 2. The van der Waals surface area contributed by atoms with Crippen molar-refractivity contribution in [1.29, 1.82) is 0 Å². The molecule has 0 spiro atoms. The van der Waals surface area contributed by atoms with Crippen molar-refractivity contribution in [1.82, 2.24) is 0 Å². The third-order valence-electron chi connectivity index (χ3n) is 3.27. The fourth-order valence-electron chi connectivity index (χ4n) is 1.93. The van der Waals surface area contributed by atoms with Crippen molar-refractivity contribution in [2.45, 2.75) is 13.0 Å². The predicted molar refractivity (Wildman–Crippen MR) is 85.8 cm³/mol. The van der Waals surface area contributed by atoms with Crippen LogP contribution in [0.3, 0.4) is 0 Å². The molecular weight excluding hydrogens is 286 g/mol. The Hall–Kier alpha value is -2.07. The van der Waals surface area contributed by atoms with Gasteiger partial charge in [-0.25, -0.2) is 0 Å². The fourth-order valence-corrected chi connectivity index (χ4v) is 2.13. The quantitative estimate of drug-likeness (QED) is 0.882. The number of rotatable bonds is 4. The average Bonchev–Trinajstić information content (AvgIpc) is 2.46. The van der Waals surface area contributed by atoms with Crippen LogP contribution in [0.25, 0.3) is 0 Å². The summed E-state index contributed by atoms with van der Waals surface area (Å²) in [7, 11) is 3.96. The van der Waals surface area contributed by atoms with Gasteiger partial charge in [-0.05, 0) is 18.2 Å². The van der Waals surface area contributed by atoms with Crippen LogP contribution in [-0.2, 0) is 4.79 Å². The summed E-state index contributed by atoms with van der Waals surface area (Å²) in [6.45, 7) is 1.86. The number of pyridine rings is 1. The number of aromatic nitrogens is 1. The van der Waals surface area contributed by atoms with Gasteiger partial charge in [0, 0.05) is 49.5 Å². The van der Waals surface area contributed by atoms with Crippen LogP contribution in [0.4, 0.5) is 11.4 Å². The van der Waals surface area contributed by atoms with Gasteiger partial charge < -0.3 is 10.2 Å². The first-order valence-electron chi connectivity index (χ1n) is 6.72. The number of halogens is 1. The lowest BCUT2D eigenvalue weighted by Crippen LogP contribution is -2.44. The van der Waals surface area contributed by atoms with E-state index in [1.165, 1.54) is 0 Å². The molecule has 0 aliphatic heterocycles. The Labute approximate surface area is 130 Å². The molecule has 1 aromatic heterocycles. The van der Waals surface area contributed by atoms with Gasteiger partial charge in [0.15, 0.2) is 12.4 Å². The molecular formula is C16H19ClN3O+. The molecule has 0 bridgehead atoms. The summed E-state index contributed by atoms with van der Waals surface area (Å²) >= 11 is 5.91. The van der Waals surface area contributed by atoms with Gasteiger partial charge in [-0.3, -0.25) is 4.79 Å². The van der Waals surface area contributed by atoms with E-state index in [1.807, 2.05) is 67.1 Å². The highest BCUT2D eigenvalue weighted by Gasteiger charge is 2.21. The number of benzene rings is 1. The monoisotopic (exact) mass is 304 g/mol. The number of carbonyl (C=O) groups is 1. The van der Waals surface area contributed by atoms with Crippen molar-refractivity contribution in [3.8, 4) is 0 Å². The second-order valence-corrected chi connectivity index (χ2v) is 5.51. The first kappa shape index (κ1) is 15.3. The fraction of sp³-hybridized carbons (Fsp3) is 0.250. The van der Waals surface area contributed by atoms with E-state index in [9.17, 15) is 4.79 Å². The molecule has 5 heteroatoms. The Morgan fingerprint density at radius 3 is 2.48 bits per heavy atom. The smallest absolute Gasteiger partial charge is 0.293 e. The number of carbonyl (C=O) groups excluding carboxylic acids is 1. The molecule has 21 heavy (non-hydrogen) atoms. The van der Waals surface area contributed by atoms with E-state index in [1.54, 1.807) is 12.1 Å². The molecule has 110 valence electrons. The van der Waals surface area contributed by atoms with Crippen LogP contribution in [0.15, 0.2) is 48.8 Å². The van der Waals surface area contributed by atoms with Gasteiger partial charge in [0.1, 0.15) is 0 Å². The zero-order chi connectivity index (χ0) is 15.4. The Balaban J connectivity index is 2.08. The molecule has 1 atom stereocenters. The highest BCUT2D eigenvalue weighted by atomic mass is 35.5. The summed E-state index contributed by atoms with van der Waals surface area (Å²) < 4.78 is 1.87. The van der Waals surface area contributed by atoms with Crippen molar-refractivity contribution in [2.24, 2.45) is 0 Å². The third kappa shape index (κ3) is 3.95. The Morgan fingerprint density at radius 2 is 1.90 bits per heavy atom. The van der Waals surface area contributed by atoms with Crippen molar-refractivity contribution in [3.63, 3.8) is 0 Å². The van der Waals surface area contributed by atoms with Crippen molar-refractivity contribution in [3.05, 3.63) is 53.8 Å². The van der Waals surface area contributed by atoms with Gasteiger partial charge >= 0.3 is 0 Å². The van der Waals surface area contributed by atoms with Crippen LogP contribution >= 0.6 is 11.6 Å². The summed E-state index contributed by atoms with van der Waals surface area (Å²) in [4.78, 5) is 14.3. The van der Waals surface area contributed by atoms with Crippen LogP contribution in [0.1, 0.15) is 13.0 Å². The van der Waals surface area contributed by atoms with Crippen molar-refractivity contribution in [2.75, 3.05) is 24.3 Å². The summed E-state index contributed by atoms with van der Waals surface area (Å²) in [5.41, 5.74) is 1.79. The van der Waals surface area contributed by atoms with Crippen LogP contribution in [-0.4, -0.2) is 20.0 Å². The standard InChI is InChI=1S/C16H18ClN3O/c1-12(20-9-7-15(8-10-20)19(2)3)16(21)18-14-6-4-5-13(17)11-14/h4-12H,1-3H3/p+1/t12-/m0/s1. The average molecular weight is 305 g/mol. The van der Waals surface area contributed by atoms with Gasteiger partial charge in [-0.1, -0.05) is 17.7 Å². The largest absolute Gasteiger partial charge is 0.377 e. The summed E-state index contributed by atoms with van der Waals surface area (Å²) in [6.07, 6.45) is 3.80. The number of nitrogens with one attached hydrogen (secondary N) is 1. The number of nitrogens with zero attached hydrogens (tertiary/aromatic N) is 2. The van der Waals surface area contributed by atoms with Gasteiger partial charge in [-0.15, -0.1) is 0 Å². The van der Waals surface area contributed by atoms with E-state index in [0.717, 1.165) is 5.69 Å². The minimum Gasteiger partial charge on any atom is -0.377 e. The second kappa shape index (κ2) is 6.59. The SMILES string of the molecule is C[C@@H](C(=O)Nc1cccc(Cl)c1)[n+]1ccc(N(C)C)cc1. The molecule has 4 nitrogen and oxygen atoms in total. The van der Waals surface area contributed by atoms with E-state index < -0.39 is 0 Å². The molecule has 0 saturated heterocycles. The van der Waals surface area contributed by atoms with Gasteiger partial charge in [0.05, 0.1) is 0 Å². The maximum Gasteiger partial charge on any atom is 0.293 e. The van der Waals surface area contributed by atoms with Crippen molar-refractivity contribution < 1.29 is 9.36 Å². The molecule has 2 rings (SSSR count). The predicted octanol–water partition coefficient (Wildman–Crippen LogP) is 2.89. The summed E-state index contributed by atoms with van der Waals surface area (Å²) in [5.74, 6) is -0.0835. The molecule has 1 heterocycles. The summed E-state index contributed by atoms with van der Waals surface area (Å²) in [5, 5.41) is 3.46. The molecule has 0 unspecified atom stereocenters. The van der Waals surface area contributed by atoms with Gasteiger partial charge in [0.2, 0.25) is 6.04 Å². The molecule has 0 radical (unpaired) electrons. The Bertz CT molecular complexity index is 626. The number of anilines is 2. The van der Waals surface area contributed by atoms with E-state index in [2.05, 4.69) is 5.32 Å². The molecule has 0 aliphatic rings. The number of hydrogen-bond donors (Lipinski definition) is 1. The van der Waals surface area contributed by atoms with E-state index in [-0.39, 0.29) is 11.9 Å². The topological polar surface area (TPSA) is 36.2 Å². The second-order valence-electron chi connectivity index (χ2n) is 5.07. The van der Waals surface area contributed by atoms with Crippen LogP contribution in [0, 0.1) is 0 Å². The number of amides is 1.